The zero-order valence-corrected chi connectivity index (χ0v) is 15.7. The lowest BCUT2D eigenvalue weighted by Crippen LogP contribution is -2.19. The second-order valence-electron chi connectivity index (χ2n) is 5.77. The first-order chi connectivity index (χ1) is 13.6. The molecule has 1 N–H and O–H groups in total. The third-order valence-corrected chi connectivity index (χ3v) is 5.32. The third-order valence-electron chi connectivity index (χ3n) is 3.90. The van der Waals surface area contributed by atoms with Gasteiger partial charge in [-0.1, -0.05) is 12.1 Å². The molecule has 0 atom stereocenters. The Kier molecular flexibility index (Phi) is 5.33. The number of rotatable bonds is 5. The molecule has 0 spiro atoms. The zero-order chi connectivity index (χ0) is 21.2. The number of ether oxygens (including phenoxy) is 1. The summed E-state index contributed by atoms with van der Waals surface area (Å²) in [5.74, 6) is -0.901. The van der Waals surface area contributed by atoms with Gasteiger partial charge in [0.1, 0.15) is 4.90 Å². The molecule has 0 bridgehead atoms. The Morgan fingerprint density at radius 3 is 2.48 bits per heavy atom. The molecule has 7 nitrogen and oxygen atoms in total. The van der Waals surface area contributed by atoms with Crippen LogP contribution in [0.4, 0.5) is 18.9 Å². The van der Waals surface area contributed by atoms with Crippen LogP contribution in [0.15, 0.2) is 65.8 Å². The first kappa shape index (κ1) is 20.4. The van der Waals surface area contributed by atoms with Gasteiger partial charge in [-0.15, -0.1) is 0 Å². The quantitative estimate of drug-likeness (QED) is 0.632. The van der Waals surface area contributed by atoms with E-state index in [9.17, 15) is 26.4 Å². The van der Waals surface area contributed by atoms with E-state index in [0.29, 0.717) is 6.07 Å². The SMILES string of the molecule is COC(=O)c1ccccc1S(=O)(=O)Nc1cc(C(F)(F)F)ccc1-n1cccn1. The highest BCUT2D eigenvalue weighted by atomic mass is 32.2. The van der Waals surface area contributed by atoms with Gasteiger partial charge in [0.25, 0.3) is 10.0 Å². The number of aromatic nitrogens is 2. The molecular weight excluding hydrogens is 411 g/mol. The molecular formula is C18H14F3N3O4S. The molecule has 152 valence electrons. The molecule has 0 fully saturated rings. The Morgan fingerprint density at radius 2 is 1.86 bits per heavy atom. The number of anilines is 1. The van der Waals surface area contributed by atoms with Crippen molar-refractivity contribution in [2.24, 2.45) is 0 Å². The summed E-state index contributed by atoms with van der Waals surface area (Å²) >= 11 is 0. The predicted octanol–water partition coefficient (Wildman–Crippen LogP) is 3.48. The Balaban J connectivity index is 2.13. The van der Waals surface area contributed by atoms with Crippen molar-refractivity contribution in [1.82, 2.24) is 9.78 Å². The Bertz CT molecular complexity index is 1140. The smallest absolute Gasteiger partial charge is 0.416 e. The van der Waals surface area contributed by atoms with E-state index in [4.69, 9.17) is 0 Å². The lowest BCUT2D eigenvalue weighted by molar-refractivity contribution is -0.137. The number of benzene rings is 2. The van der Waals surface area contributed by atoms with E-state index in [1.807, 2.05) is 0 Å². The van der Waals surface area contributed by atoms with Crippen LogP contribution in [0.3, 0.4) is 0 Å². The maximum absolute atomic E-state index is 13.2. The molecule has 0 aliphatic rings. The average molecular weight is 425 g/mol. The monoisotopic (exact) mass is 425 g/mol. The number of nitrogens with zero attached hydrogens (tertiary/aromatic N) is 2. The van der Waals surface area contributed by atoms with Crippen LogP contribution in [-0.4, -0.2) is 31.3 Å². The Labute approximate surface area is 163 Å². The molecule has 3 aromatic rings. The molecule has 0 amide bonds. The van der Waals surface area contributed by atoms with Crippen molar-refractivity contribution in [3.05, 3.63) is 72.1 Å². The van der Waals surface area contributed by atoms with E-state index in [1.165, 1.54) is 41.3 Å². The van der Waals surface area contributed by atoms with E-state index in [-0.39, 0.29) is 16.9 Å². The molecule has 0 unspecified atom stereocenters. The lowest BCUT2D eigenvalue weighted by atomic mass is 10.1. The number of esters is 1. The van der Waals surface area contributed by atoms with Crippen molar-refractivity contribution in [2.45, 2.75) is 11.1 Å². The molecule has 0 saturated heterocycles. The number of alkyl halides is 3. The molecule has 2 aromatic carbocycles. The van der Waals surface area contributed by atoms with Crippen LogP contribution in [0.5, 0.6) is 0 Å². The minimum absolute atomic E-state index is 0.0714. The fourth-order valence-electron chi connectivity index (χ4n) is 2.58. The highest BCUT2D eigenvalue weighted by Gasteiger charge is 2.32. The molecule has 0 aliphatic heterocycles. The van der Waals surface area contributed by atoms with Crippen molar-refractivity contribution in [2.75, 3.05) is 11.8 Å². The highest BCUT2D eigenvalue weighted by Crippen LogP contribution is 2.34. The van der Waals surface area contributed by atoms with Crippen molar-refractivity contribution in [3.8, 4) is 5.69 Å². The fourth-order valence-corrected chi connectivity index (χ4v) is 3.85. The number of sulfonamides is 1. The van der Waals surface area contributed by atoms with Crippen LogP contribution in [-0.2, 0) is 20.9 Å². The number of hydrogen-bond donors (Lipinski definition) is 1. The van der Waals surface area contributed by atoms with Crippen LogP contribution in [0.2, 0.25) is 0 Å². The van der Waals surface area contributed by atoms with Gasteiger partial charge in [0.2, 0.25) is 0 Å². The first-order valence-electron chi connectivity index (χ1n) is 8.05. The summed E-state index contributed by atoms with van der Waals surface area (Å²) in [4.78, 5) is 11.5. The predicted molar refractivity (Wildman–Crippen MR) is 97.2 cm³/mol. The van der Waals surface area contributed by atoms with Gasteiger partial charge in [-0.3, -0.25) is 4.72 Å². The molecule has 0 aliphatic carbocycles. The van der Waals surface area contributed by atoms with E-state index in [1.54, 1.807) is 0 Å². The van der Waals surface area contributed by atoms with Crippen LogP contribution in [0, 0.1) is 0 Å². The third kappa shape index (κ3) is 4.24. The minimum Gasteiger partial charge on any atom is -0.465 e. The van der Waals surface area contributed by atoms with Gasteiger partial charge in [-0.05, 0) is 36.4 Å². The van der Waals surface area contributed by atoms with Gasteiger partial charge in [0.15, 0.2) is 0 Å². The molecule has 1 aromatic heterocycles. The number of carbonyl (C=O) groups is 1. The van der Waals surface area contributed by atoms with E-state index in [0.717, 1.165) is 25.3 Å². The van der Waals surface area contributed by atoms with Crippen molar-refractivity contribution < 1.29 is 31.1 Å². The summed E-state index contributed by atoms with van der Waals surface area (Å²) < 4.78 is 73.2. The number of methoxy groups -OCH3 is 1. The largest absolute Gasteiger partial charge is 0.465 e. The van der Waals surface area contributed by atoms with Crippen LogP contribution in [0.1, 0.15) is 15.9 Å². The number of nitrogens with one attached hydrogen (secondary N) is 1. The standard InChI is InChI=1S/C18H14F3N3O4S/c1-28-17(25)13-5-2-3-6-16(13)29(26,27)23-14-11-12(18(19,20)21)7-8-15(14)24-10-4-9-22-24/h2-11,23H,1H3. The second kappa shape index (κ2) is 7.59. The maximum Gasteiger partial charge on any atom is 0.416 e. The van der Waals surface area contributed by atoms with Gasteiger partial charge < -0.3 is 4.74 Å². The molecule has 11 heteroatoms. The molecule has 29 heavy (non-hydrogen) atoms. The van der Waals surface area contributed by atoms with Gasteiger partial charge in [-0.25, -0.2) is 17.9 Å². The Morgan fingerprint density at radius 1 is 1.14 bits per heavy atom. The van der Waals surface area contributed by atoms with Crippen molar-refractivity contribution in [1.29, 1.82) is 0 Å². The van der Waals surface area contributed by atoms with E-state index >= 15 is 0 Å². The normalized spacial score (nSPS) is 11.9. The summed E-state index contributed by atoms with van der Waals surface area (Å²) in [5.41, 5.74) is -1.59. The van der Waals surface area contributed by atoms with Crippen LogP contribution >= 0.6 is 0 Å². The molecule has 3 rings (SSSR count). The van der Waals surface area contributed by atoms with E-state index < -0.39 is 32.6 Å². The topological polar surface area (TPSA) is 90.3 Å². The van der Waals surface area contributed by atoms with Gasteiger partial charge in [-0.2, -0.15) is 18.3 Å². The van der Waals surface area contributed by atoms with Crippen molar-refractivity contribution >= 4 is 21.7 Å². The molecule has 1 heterocycles. The lowest BCUT2D eigenvalue weighted by Gasteiger charge is -2.16. The fraction of sp³-hybridized carbons (Fsp3) is 0.111. The summed E-state index contributed by atoms with van der Waals surface area (Å²) in [6.07, 6.45) is -1.85. The summed E-state index contributed by atoms with van der Waals surface area (Å²) in [5, 5.41) is 3.93. The summed E-state index contributed by atoms with van der Waals surface area (Å²) in [6, 6.07) is 9.30. The summed E-state index contributed by atoms with van der Waals surface area (Å²) in [6.45, 7) is 0. The van der Waals surface area contributed by atoms with Gasteiger partial charge >= 0.3 is 12.1 Å². The number of carbonyl (C=O) groups excluding carboxylic acids is 1. The first-order valence-corrected chi connectivity index (χ1v) is 9.53. The van der Waals surface area contributed by atoms with E-state index in [2.05, 4.69) is 14.6 Å². The minimum atomic E-state index is -4.69. The van der Waals surface area contributed by atoms with Crippen LogP contribution in [0.25, 0.3) is 5.69 Å². The molecule has 0 radical (unpaired) electrons. The maximum atomic E-state index is 13.2. The summed E-state index contributed by atoms with van der Waals surface area (Å²) in [7, 11) is -3.35. The highest BCUT2D eigenvalue weighted by molar-refractivity contribution is 7.92. The number of halogens is 3. The zero-order valence-electron chi connectivity index (χ0n) is 14.8. The average Bonchev–Trinajstić information content (AvgIpc) is 3.21. The van der Waals surface area contributed by atoms with Gasteiger partial charge in [0.05, 0.1) is 29.6 Å². The van der Waals surface area contributed by atoms with Gasteiger partial charge in [0, 0.05) is 12.4 Å². The number of hydrogen-bond acceptors (Lipinski definition) is 5. The van der Waals surface area contributed by atoms with Crippen LogP contribution < -0.4 is 4.72 Å². The Hall–Kier alpha value is -3.34. The van der Waals surface area contributed by atoms with Crippen molar-refractivity contribution in [3.63, 3.8) is 0 Å². The molecule has 0 saturated carbocycles. The second-order valence-corrected chi connectivity index (χ2v) is 7.42.